The second kappa shape index (κ2) is 5.29. The summed E-state index contributed by atoms with van der Waals surface area (Å²) >= 11 is 1.67. The molecule has 0 bridgehead atoms. The molecular formula is C16H13FO2S. The smallest absolute Gasteiger partial charge is 0.170 e. The van der Waals surface area contributed by atoms with Gasteiger partial charge < -0.3 is 4.74 Å². The van der Waals surface area contributed by atoms with E-state index < -0.39 is 5.82 Å². The molecule has 0 saturated carbocycles. The first kappa shape index (κ1) is 13.2. The molecule has 0 N–H and O–H groups in total. The van der Waals surface area contributed by atoms with Crippen molar-refractivity contribution in [1.82, 2.24) is 0 Å². The van der Waals surface area contributed by atoms with E-state index in [0.717, 1.165) is 5.56 Å². The molecule has 20 heavy (non-hydrogen) atoms. The van der Waals surface area contributed by atoms with Gasteiger partial charge in [0, 0.05) is 4.90 Å². The van der Waals surface area contributed by atoms with Crippen LogP contribution >= 0.6 is 11.8 Å². The van der Waals surface area contributed by atoms with Gasteiger partial charge in [-0.25, -0.2) is 4.39 Å². The number of fused-ring (bicyclic) bond motifs is 1. The molecule has 0 fully saturated rings. The van der Waals surface area contributed by atoms with Crippen LogP contribution in [-0.2, 0) is 0 Å². The molecule has 0 saturated heterocycles. The predicted octanol–water partition coefficient (Wildman–Crippen LogP) is 4.25. The Morgan fingerprint density at radius 1 is 1.20 bits per heavy atom. The Morgan fingerprint density at radius 2 is 1.95 bits per heavy atom. The van der Waals surface area contributed by atoms with Crippen LogP contribution in [0.5, 0.6) is 5.75 Å². The molecule has 2 aromatic rings. The number of rotatable bonds is 2. The molecule has 1 aliphatic rings. The molecule has 0 amide bonds. The summed E-state index contributed by atoms with van der Waals surface area (Å²) in [5.74, 6) is -0.0326. The van der Waals surface area contributed by atoms with Crippen molar-refractivity contribution in [3.05, 3.63) is 59.4 Å². The van der Waals surface area contributed by atoms with E-state index in [2.05, 4.69) is 0 Å². The Bertz CT molecular complexity index is 652. The van der Waals surface area contributed by atoms with Gasteiger partial charge in [-0.3, -0.25) is 4.79 Å². The second-order valence-corrected chi connectivity index (χ2v) is 5.53. The van der Waals surface area contributed by atoms with Gasteiger partial charge in [-0.15, -0.1) is 11.8 Å². The van der Waals surface area contributed by atoms with Crippen LogP contribution in [0.15, 0.2) is 47.4 Å². The Morgan fingerprint density at radius 3 is 2.65 bits per heavy atom. The van der Waals surface area contributed by atoms with Gasteiger partial charge in [0.1, 0.15) is 17.7 Å². The van der Waals surface area contributed by atoms with Crippen LogP contribution in [0.2, 0.25) is 0 Å². The van der Waals surface area contributed by atoms with Crippen molar-refractivity contribution in [2.24, 2.45) is 0 Å². The van der Waals surface area contributed by atoms with Gasteiger partial charge in [-0.05, 0) is 42.2 Å². The molecule has 1 aliphatic heterocycles. The first-order valence-corrected chi connectivity index (χ1v) is 7.53. The van der Waals surface area contributed by atoms with Crippen molar-refractivity contribution in [2.45, 2.75) is 17.4 Å². The van der Waals surface area contributed by atoms with Crippen LogP contribution in [0.3, 0.4) is 0 Å². The summed E-state index contributed by atoms with van der Waals surface area (Å²) in [5, 5.41) is 0. The lowest BCUT2D eigenvalue weighted by atomic mass is 9.96. The summed E-state index contributed by atoms with van der Waals surface area (Å²) in [5.41, 5.74) is 1.30. The SMILES string of the molecule is CSc1ccc(C2CC(=O)c3cc(F)ccc3O2)cc1. The third kappa shape index (κ3) is 2.43. The second-order valence-electron chi connectivity index (χ2n) is 4.65. The van der Waals surface area contributed by atoms with Crippen molar-refractivity contribution in [3.63, 3.8) is 0 Å². The zero-order valence-electron chi connectivity index (χ0n) is 10.9. The number of hydrogen-bond donors (Lipinski definition) is 0. The van der Waals surface area contributed by atoms with E-state index >= 15 is 0 Å². The lowest BCUT2D eigenvalue weighted by Gasteiger charge is -2.25. The van der Waals surface area contributed by atoms with E-state index in [9.17, 15) is 9.18 Å². The molecule has 1 unspecified atom stereocenters. The lowest BCUT2D eigenvalue weighted by molar-refractivity contribution is 0.0849. The maximum atomic E-state index is 13.2. The largest absolute Gasteiger partial charge is 0.484 e. The molecule has 0 aliphatic carbocycles. The van der Waals surface area contributed by atoms with Crippen LogP contribution in [-0.4, -0.2) is 12.0 Å². The normalized spacial score (nSPS) is 17.5. The summed E-state index contributed by atoms with van der Waals surface area (Å²) in [7, 11) is 0. The van der Waals surface area contributed by atoms with Gasteiger partial charge in [0.2, 0.25) is 0 Å². The van der Waals surface area contributed by atoms with Gasteiger partial charge in [0.05, 0.1) is 12.0 Å². The van der Waals surface area contributed by atoms with Crippen LogP contribution in [0.4, 0.5) is 4.39 Å². The molecule has 102 valence electrons. The highest BCUT2D eigenvalue weighted by Gasteiger charge is 2.27. The number of hydrogen-bond acceptors (Lipinski definition) is 3. The number of Topliss-reactive ketones (excluding diaryl/α,β-unsaturated/α-hetero) is 1. The van der Waals surface area contributed by atoms with Crippen molar-refractivity contribution in [2.75, 3.05) is 6.26 Å². The summed E-state index contributed by atoms with van der Waals surface area (Å²) in [6, 6.07) is 12.0. The van der Waals surface area contributed by atoms with Crippen molar-refractivity contribution in [3.8, 4) is 5.75 Å². The van der Waals surface area contributed by atoms with Crippen molar-refractivity contribution >= 4 is 17.5 Å². The average Bonchev–Trinajstić information content (AvgIpc) is 2.48. The Hall–Kier alpha value is -1.81. The fourth-order valence-corrected chi connectivity index (χ4v) is 2.71. The first-order valence-electron chi connectivity index (χ1n) is 6.31. The Kier molecular flexibility index (Phi) is 3.49. The number of carbonyl (C=O) groups is 1. The van der Waals surface area contributed by atoms with Gasteiger partial charge in [0.25, 0.3) is 0 Å². The van der Waals surface area contributed by atoms with E-state index in [0.29, 0.717) is 11.3 Å². The van der Waals surface area contributed by atoms with E-state index in [4.69, 9.17) is 4.74 Å². The Labute approximate surface area is 121 Å². The van der Waals surface area contributed by atoms with Gasteiger partial charge in [-0.2, -0.15) is 0 Å². The highest BCUT2D eigenvalue weighted by Crippen LogP contribution is 2.35. The molecule has 2 nitrogen and oxygen atoms in total. The van der Waals surface area contributed by atoms with Crippen molar-refractivity contribution < 1.29 is 13.9 Å². The molecular weight excluding hydrogens is 275 g/mol. The van der Waals surface area contributed by atoms with Gasteiger partial charge >= 0.3 is 0 Å². The lowest BCUT2D eigenvalue weighted by Crippen LogP contribution is -2.20. The predicted molar refractivity (Wildman–Crippen MR) is 76.9 cm³/mol. The molecule has 1 atom stereocenters. The third-order valence-corrected chi connectivity index (χ3v) is 4.11. The Balaban J connectivity index is 1.90. The number of carbonyl (C=O) groups excluding carboxylic acids is 1. The minimum atomic E-state index is -0.413. The quantitative estimate of drug-likeness (QED) is 0.773. The molecule has 3 rings (SSSR count). The van der Waals surface area contributed by atoms with Gasteiger partial charge in [0.15, 0.2) is 5.78 Å². The minimum Gasteiger partial charge on any atom is -0.484 e. The number of halogens is 1. The maximum Gasteiger partial charge on any atom is 0.170 e. The number of ether oxygens (including phenoxy) is 1. The number of benzene rings is 2. The molecule has 0 radical (unpaired) electrons. The van der Waals surface area contributed by atoms with E-state index in [-0.39, 0.29) is 18.3 Å². The fraction of sp³-hybridized carbons (Fsp3) is 0.188. The van der Waals surface area contributed by atoms with Crippen LogP contribution < -0.4 is 4.74 Å². The van der Waals surface area contributed by atoms with Gasteiger partial charge in [-0.1, -0.05) is 12.1 Å². The standard InChI is InChI=1S/C16H13FO2S/c1-20-12-5-2-10(3-6-12)16-9-14(18)13-8-11(17)4-7-15(13)19-16/h2-8,16H,9H2,1H3. The zero-order valence-corrected chi connectivity index (χ0v) is 11.7. The fourth-order valence-electron chi connectivity index (χ4n) is 2.30. The molecule has 2 aromatic carbocycles. The topological polar surface area (TPSA) is 26.3 Å². The summed E-state index contributed by atoms with van der Waals surface area (Å²) in [4.78, 5) is 13.3. The minimum absolute atomic E-state index is 0.0790. The van der Waals surface area contributed by atoms with E-state index in [1.807, 2.05) is 30.5 Å². The third-order valence-electron chi connectivity index (χ3n) is 3.37. The highest BCUT2D eigenvalue weighted by atomic mass is 32.2. The summed E-state index contributed by atoms with van der Waals surface area (Å²) < 4.78 is 19.0. The first-order chi connectivity index (χ1) is 9.67. The van der Waals surface area contributed by atoms with Crippen LogP contribution in [0, 0.1) is 5.82 Å². The number of ketones is 1. The number of thioether (sulfide) groups is 1. The molecule has 0 spiro atoms. The van der Waals surface area contributed by atoms with E-state index in [1.165, 1.54) is 23.1 Å². The molecule has 1 heterocycles. The molecule has 0 aromatic heterocycles. The zero-order chi connectivity index (χ0) is 14.1. The maximum absolute atomic E-state index is 13.2. The summed E-state index contributed by atoms with van der Waals surface area (Å²) in [6.45, 7) is 0. The molecule has 4 heteroatoms. The van der Waals surface area contributed by atoms with Crippen LogP contribution in [0.25, 0.3) is 0 Å². The summed E-state index contributed by atoms with van der Waals surface area (Å²) in [6.07, 6.45) is 1.96. The van der Waals surface area contributed by atoms with Crippen LogP contribution in [0.1, 0.15) is 28.4 Å². The van der Waals surface area contributed by atoms with E-state index in [1.54, 1.807) is 11.8 Å². The monoisotopic (exact) mass is 288 g/mol. The average molecular weight is 288 g/mol. The highest BCUT2D eigenvalue weighted by molar-refractivity contribution is 7.98. The van der Waals surface area contributed by atoms with Crippen molar-refractivity contribution in [1.29, 1.82) is 0 Å².